The Bertz CT molecular complexity index is 1040. The molecule has 0 amide bonds. The number of nitrogens with one attached hydrogen (secondary N) is 1. The highest BCUT2D eigenvalue weighted by Crippen LogP contribution is 2.48. The predicted molar refractivity (Wildman–Crippen MR) is 101 cm³/mol. The molecule has 4 rings (SSSR count). The van der Waals surface area contributed by atoms with Crippen LogP contribution in [0.25, 0.3) is 0 Å². The van der Waals surface area contributed by atoms with Gasteiger partial charge in [-0.15, -0.1) is 0 Å². The largest absolute Gasteiger partial charge is 0.451 e. The first-order chi connectivity index (χ1) is 13.3. The zero-order chi connectivity index (χ0) is 20.1. The van der Waals surface area contributed by atoms with Crippen molar-refractivity contribution in [2.75, 3.05) is 10.2 Å². The fourth-order valence-corrected chi connectivity index (χ4v) is 3.69. The molecule has 2 aromatic heterocycles. The summed E-state index contributed by atoms with van der Waals surface area (Å²) in [5.41, 5.74) is 1.92. The second kappa shape index (κ2) is 6.79. The van der Waals surface area contributed by atoms with Crippen molar-refractivity contribution in [3.05, 3.63) is 69.9 Å². The molecule has 1 N–H and O–H groups in total. The summed E-state index contributed by atoms with van der Waals surface area (Å²) in [5, 5.41) is 3.96. The Morgan fingerprint density at radius 2 is 1.82 bits per heavy atom. The van der Waals surface area contributed by atoms with Crippen LogP contribution in [0.1, 0.15) is 23.2 Å². The fourth-order valence-electron chi connectivity index (χ4n) is 3.09. The molecule has 0 saturated heterocycles. The molecule has 0 fully saturated rings. The first-order valence-electron chi connectivity index (χ1n) is 8.12. The van der Waals surface area contributed by atoms with Gasteiger partial charge >= 0.3 is 6.18 Å². The van der Waals surface area contributed by atoms with Crippen molar-refractivity contribution in [3.8, 4) is 0 Å². The molecule has 0 bridgehead atoms. The van der Waals surface area contributed by atoms with Crippen molar-refractivity contribution in [2.45, 2.75) is 19.3 Å². The fraction of sp³-hybridized carbons (Fsp3) is 0.167. The maximum Gasteiger partial charge on any atom is 0.451 e. The third-order valence-corrected chi connectivity index (χ3v) is 4.88. The number of anilines is 3. The van der Waals surface area contributed by atoms with Gasteiger partial charge in [-0.1, -0.05) is 29.3 Å². The topological polar surface area (TPSA) is 53.9 Å². The van der Waals surface area contributed by atoms with Gasteiger partial charge in [-0.25, -0.2) is 9.97 Å². The highest BCUT2D eigenvalue weighted by molar-refractivity contribution is 6.36. The van der Waals surface area contributed by atoms with Crippen LogP contribution in [0.2, 0.25) is 10.0 Å². The van der Waals surface area contributed by atoms with E-state index in [0.29, 0.717) is 27.0 Å². The summed E-state index contributed by atoms with van der Waals surface area (Å²) in [6, 6.07) is 8.17. The van der Waals surface area contributed by atoms with E-state index in [1.54, 1.807) is 41.6 Å². The highest BCUT2D eigenvalue weighted by Gasteiger charge is 2.39. The van der Waals surface area contributed by atoms with Gasteiger partial charge in [-0.3, -0.25) is 9.88 Å². The van der Waals surface area contributed by atoms with Crippen molar-refractivity contribution >= 4 is 40.4 Å². The molecule has 0 spiro atoms. The molecule has 1 aliphatic rings. The number of fused-ring (bicyclic) bond motifs is 1. The van der Waals surface area contributed by atoms with Crippen LogP contribution < -0.4 is 10.2 Å². The molecule has 1 unspecified atom stereocenters. The van der Waals surface area contributed by atoms with Crippen LogP contribution in [0.4, 0.5) is 30.4 Å². The van der Waals surface area contributed by atoms with Crippen molar-refractivity contribution < 1.29 is 13.2 Å². The van der Waals surface area contributed by atoms with Gasteiger partial charge in [0.05, 0.1) is 17.6 Å². The van der Waals surface area contributed by atoms with Gasteiger partial charge in [-0.05, 0) is 25.1 Å². The second-order valence-electron chi connectivity index (χ2n) is 6.13. The molecule has 0 aliphatic carbocycles. The number of hydrogen-bond acceptors (Lipinski definition) is 5. The molecule has 28 heavy (non-hydrogen) atoms. The number of alkyl halides is 3. The lowest BCUT2D eigenvalue weighted by Gasteiger charge is -2.28. The number of halogens is 5. The lowest BCUT2D eigenvalue weighted by molar-refractivity contribution is -0.145. The van der Waals surface area contributed by atoms with E-state index in [0.717, 1.165) is 0 Å². The van der Waals surface area contributed by atoms with Crippen LogP contribution >= 0.6 is 23.2 Å². The number of benzene rings is 1. The summed E-state index contributed by atoms with van der Waals surface area (Å²) in [6.07, 6.45) is -2.22. The molecule has 1 aliphatic heterocycles. The van der Waals surface area contributed by atoms with Crippen LogP contribution in [0.15, 0.2) is 42.7 Å². The summed E-state index contributed by atoms with van der Waals surface area (Å²) in [6.45, 7) is 1.48. The van der Waals surface area contributed by atoms with Crippen LogP contribution in [0.3, 0.4) is 0 Å². The molecule has 10 heteroatoms. The molecule has 1 atom stereocenters. The molecule has 5 nitrogen and oxygen atoms in total. The SMILES string of the molecule is Cc1cc(N2c3ccncc3NC2c2c(Cl)cccc2Cl)nc(C(F)(F)F)n1. The van der Waals surface area contributed by atoms with Crippen LogP contribution in [-0.4, -0.2) is 15.0 Å². The van der Waals surface area contributed by atoms with Gasteiger partial charge in [0.1, 0.15) is 12.0 Å². The average molecular weight is 426 g/mol. The number of pyridine rings is 1. The van der Waals surface area contributed by atoms with E-state index in [-0.39, 0.29) is 11.5 Å². The van der Waals surface area contributed by atoms with E-state index in [9.17, 15) is 13.2 Å². The molecular formula is C18H12Cl2F3N5. The van der Waals surface area contributed by atoms with E-state index in [4.69, 9.17) is 23.2 Å². The van der Waals surface area contributed by atoms with E-state index in [1.165, 1.54) is 13.0 Å². The lowest BCUT2D eigenvalue weighted by Crippen LogP contribution is -2.26. The van der Waals surface area contributed by atoms with Gasteiger partial charge < -0.3 is 5.32 Å². The van der Waals surface area contributed by atoms with E-state index >= 15 is 0 Å². The standard InChI is InChI=1S/C18H12Cl2F3N5/c1-9-7-14(27-17(25-9)18(21,22)23)28-13-5-6-24-8-12(13)26-16(28)15-10(19)3-2-4-11(15)20/h2-8,16,26H,1H3. The number of aromatic nitrogens is 3. The van der Waals surface area contributed by atoms with Crippen LogP contribution in [0, 0.1) is 6.92 Å². The van der Waals surface area contributed by atoms with Gasteiger partial charge in [-0.2, -0.15) is 13.2 Å². The molecule has 1 aromatic carbocycles. The first-order valence-corrected chi connectivity index (χ1v) is 8.88. The Hall–Kier alpha value is -2.58. The Kier molecular flexibility index (Phi) is 4.55. The van der Waals surface area contributed by atoms with Crippen LogP contribution in [0.5, 0.6) is 0 Å². The summed E-state index contributed by atoms with van der Waals surface area (Å²) >= 11 is 12.7. The lowest BCUT2D eigenvalue weighted by atomic mass is 10.1. The average Bonchev–Trinajstić information content (AvgIpc) is 2.99. The summed E-state index contributed by atoms with van der Waals surface area (Å²) < 4.78 is 39.8. The number of nitrogens with zero attached hydrogens (tertiary/aromatic N) is 4. The normalized spacial score (nSPS) is 16.1. The monoisotopic (exact) mass is 425 g/mol. The Morgan fingerprint density at radius 1 is 1.11 bits per heavy atom. The Labute approximate surface area is 168 Å². The number of hydrogen-bond donors (Lipinski definition) is 1. The Balaban J connectivity index is 1.93. The Morgan fingerprint density at radius 3 is 2.50 bits per heavy atom. The third kappa shape index (κ3) is 3.22. The van der Waals surface area contributed by atoms with E-state index < -0.39 is 18.2 Å². The maximum atomic E-state index is 13.3. The quantitative estimate of drug-likeness (QED) is 0.564. The molecule has 0 saturated carbocycles. The molecular weight excluding hydrogens is 414 g/mol. The minimum Gasteiger partial charge on any atom is -0.358 e. The molecule has 144 valence electrons. The van der Waals surface area contributed by atoms with Crippen molar-refractivity contribution in [1.82, 2.24) is 15.0 Å². The van der Waals surface area contributed by atoms with Gasteiger partial charge in [0.15, 0.2) is 0 Å². The van der Waals surface area contributed by atoms with E-state index in [1.807, 2.05) is 0 Å². The number of rotatable bonds is 2. The van der Waals surface area contributed by atoms with Crippen molar-refractivity contribution in [2.24, 2.45) is 0 Å². The minimum absolute atomic E-state index is 0.0678. The highest BCUT2D eigenvalue weighted by atomic mass is 35.5. The molecule has 3 aromatic rings. The second-order valence-corrected chi connectivity index (χ2v) is 6.95. The summed E-state index contributed by atoms with van der Waals surface area (Å²) in [5.74, 6) is -1.15. The number of aryl methyl sites for hydroxylation is 1. The predicted octanol–water partition coefficient (Wildman–Crippen LogP) is 5.77. The van der Waals surface area contributed by atoms with Crippen molar-refractivity contribution in [1.29, 1.82) is 0 Å². The molecule has 0 radical (unpaired) electrons. The summed E-state index contributed by atoms with van der Waals surface area (Å²) in [4.78, 5) is 13.0. The van der Waals surface area contributed by atoms with Crippen LogP contribution in [-0.2, 0) is 6.18 Å². The zero-order valence-electron chi connectivity index (χ0n) is 14.3. The minimum atomic E-state index is -4.67. The molecule has 3 heterocycles. The summed E-state index contributed by atoms with van der Waals surface area (Å²) in [7, 11) is 0. The first kappa shape index (κ1) is 18.8. The zero-order valence-corrected chi connectivity index (χ0v) is 15.8. The smallest absolute Gasteiger partial charge is 0.358 e. The third-order valence-electron chi connectivity index (χ3n) is 4.22. The van der Waals surface area contributed by atoms with Crippen molar-refractivity contribution in [3.63, 3.8) is 0 Å². The van der Waals surface area contributed by atoms with Gasteiger partial charge in [0.25, 0.3) is 0 Å². The maximum absolute atomic E-state index is 13.3. The van der Waals surface area contributed by atoms with Gasteiger partial charge in [0.2, 0.25) is 5.82 Å². The van der Waals surface area contributed by atoms with Gasteiger partial charge in [0, 0.05) is 33.6 Å². The van der Waals surface area contributed by atoms with E-state index in [2.05, 4.69) is 20.3 Å².